The average Bonchev–Trinajstić information content (AvgIpc) is 1.94. The summed E-state index contributed by atoms with van der Waals surface area (Å²) in [5, 5.41) is 0. The van der Waals surface area contributed by atoms with Gasteiger partial charge >= 0.3 is 0 Å². The molecule has 0 saturated heterocycles. The highest BCUT2D eigenvalue weighted by molar-refractivity contribution is 5.02. The van der Waals surface area contributed by atoms with E-state index in [1.807, 2.05) is 0 Å². The van der Waals surface area contributed by atoms with Crippen LogP contribution in [0.4, 0.5) is 0 Å². The zero-order valence-corrected chi connectivity index (χ0v) is 7.69. The van der Waals surface area contributed by atoms with Gasteiger partial charge in [0.25, 0.3) is 0 Å². The van der Waals surface area contributed by atoms with Crippen molar-refractivity contribution < 1.29 is 0 Å². The van der Waals surface area contributed by atoms with Gasteiger partial charge < -0.3 is 5.73 Å². The van der Waals surface area contributed by atoms with Gasteiger partial charge in [0, 0.05) is 6.04 Å². The van der Waals surface area contributed by atoms with Crippen LogP contribution in [0, 0.1) is 10.8 Å². The van der Waals surface area contributed by atoms with Crippen molar-refractivity contribution in [3.05, 3.63) is 0 Å². The molecule has 1 heteroatoms. The number of fused-ring (bicyclic) bond motifs is 3. The highest BCUT2D eigenvalue weighted by atomic mass is 14.7. The second kappa shape index (κ2) is 2.01. The van der Waals surface area contributed by atoms with Gasteiger partial charge in [-0.25, -0.2) is 0 Å². The van der Waals surface area contributed by atoms with Crippen molar-refractivity contribution >= 4 is 0 Å². The Balaban J connectivity index is 2.22. The normalized spacial score (nSPS) is 56.5. The van der Waals surface area contributed by atoms with Crippen molar-refractivity contribution in [2.75, 3.05) is 0 Å². The van der Waals surface area contributed by atoms with Crippen LogP contribution in [0.15, 0.2) is 0 Å². The first-order valence-electron chi connectivity index (χ1n) is 4.80. The van der Waals surface area contributed by atoms with Crippen LogP contribution >= 0.6 is 0 Å². The Morgan fingerprint density at radius 3 is 2.00 bits per heavy atom. The molecule has 64 valence electrons. The quantitative estimate of drug-likeness (QED) is 0.568. The van der Waals surface area contributed by atoms with Crippen LogP contribution in [0.1, 0.15) is 46.0 Å². The highest BCUT2D eigenvalue weighted by Gasteiger charge is 2.48. The van der Waals surface area contributed by atoms with E-state index in [4.69, 9.17) is 5.73 Å². The summed E-state index contributed by atoms with van der Waals surface area (Å²) in [6.07, 6.45) is 6.83. The molecule has 0 radical (unpaired) electrons. The van der Waals surface area contributed by atoms with Crippen LogP contribution in [-0.4, -0.2) is 6.04 Å². The van der Waals surface area contributed by atoms with Gasteiger partial charge in [0.05, 0.1) is 0 Å². The van der Waals surface area contributed by atoms with Crippen LogP contribution in [0.3, 0.4) is 0 Å². The molecule has 3 fully saturated rings. The lowest BCUT2D eigenvalue weighted by molar-refractivity contribution is -0.00451. The average molecular weight is 153 g/mol. The molecule has 2 N–H and O–H groups in total. The molecule has 0 aliphatic heterocycles. The topological polar surface area (TPSA) is 26.0 Å². The predicted molar refractivity (Wildman–Crippen MR) is 47.3 cm³/mol. The Hall–Kier alpha value is -0.0400. The maximum Gasteiger partial charge on any atom is 0.00981 e. The SMILES string of the molecule is CC12CCC(C)(CC1)C(N)C2. The van der Waals surface area contributed by atoms with Crippen LogP contribution in [0.5, 0.6) is 0 Å². The molecular formula is C10H19N. The zero-order chi connectivity index (χ0) is 8.11. The molecule has 0 aromatic carbocycles. The minimum atomic E-state index is 0.481. The van der Waals surface area contributed by atoms with E-state index >= 15 is 0 Å². The first-order valence-corrected chi connectivity index (χ1v) is 4.80. The largest absolute Gasteiger partial charge is 0.327 e. The van der Waals surface area contributed by atoms with Gasteiger partial charge in [-0.05, 0) is 42.9 Å². The molecule has 1 atom stereocenters. The third-order valence-corrected chi connectivity index (χ3v) is 4.21. The molecule has 1 nitrogen and oxygen atoms in total. The smallest absolute Gasteiger partial charge is 0.00981 e. The molecule has 3 rings (SSSR count). The summed E-state index contributed by atoms with van der Waals surface area (Å²) in [6.45, 7) is 4.78. The maximum atomic E-state index is 6.14. The fourth-order valence-electron chi connectivity index (χ4n) is 2.78. The Kier molecular flexibility index (Phi) is 1.39. The molecule has 0 spiro atoms. The molecule has 0 heterocycles. The molecule has 11 heavy (non-hydrogen) atoms. The molecule has 1 unspecified atom stereocenters. The Labute approximate surface area is 69.4 Å². The molecule has 0 amide bonds. The van der Waals surface area contributed by atoms with Crippen molar-refractivity contribution in [2.24, 2.45) is 16.6 Å². The second-order valence-corrected chi connectivity index (χ2v) is 5.28. The molecule has 3 aliphatic carbocycles. The molecule has 3 saturated carbocycles. The van der Waals surface area contributed by atoms with E-state index in [0.29, 0.717) is 16.9 Å². The van der Waals surface area contributed by atoms with Crippen LogP contribution in [0.2, 0.25) is 0 Å². The van der Waals surface area contributed by atoms with Gasteiger partial charge in [-0.15, -0.1) is 0 Å². The fraction of sp³-hybridized carbons (Fsp3) is 1.00. The predicted octanol–water partition coefficient (Wildman–Crippen LogP) is 2.30. The van der Waals surface area contributed by atoms with Crippen LogP contribution in [0.25, 0.3) is 0 Å². The van der Waals surface area contributed by atoms with E-state index in [-0.39, 0.29) is 0 Å². The lowest BCUT2D eigenvalue weighted by atomic mass is 9.53. The van der Waals surface area contributed by atoms with E-state index < -0.39 is 0 Å². The van der Waals surface area contributed by atoms with Crippen molar-refractivity contribution in [1.29, 1.82) is 0 Å². The standard InChI is InChI=1S/C10H19N/c1-9-3-5-10(2,6-4-9)8(11)7-9/h8H,3-7,11H2,1-2H3. The summed E-state index contributed by atoms with van der Waals surface area (Å²) >= 11 is 0. The second-order valence-electron chi connectivity index (χ2n) is 5.28. The molecule has 0 aromatic rings. The van der Waals surface area contributed by atoms with E-state index in [1.54, 1.807) is 0 Å². The zero-order valence-electron chi connectivity index (χ0n) is 7.69. The third-order valence-electron chi connectivity index (χ3n) is 4.21. The summed E-state index contributed by atoms with van der Waals surface area (Å²) in [6, 6.07) is 0.481. The van der Waals surface area contributed by atoms with Gasteiger partial charge in [-0.2, -0.15) is 0 Å². The van der Waals surface area contributed by atoms with Crippen molar-refractivity contribution in [2.45, 2.75) is 52.0 Å². The lowest BCUT2D eigenvalue weighted by Crippen LogP contribution is -2.52. The fourth-order valence-corrected chi connectivity index (χ4v) is 2.78. The van der Waals surface area contributed by atoms with E-state index in [0.717, 1.165) is 0 Å². The van der Waals surface area contributed by atoms with E-state index in [1.165, 1.54) is 32.1 Å². The Bertz CT molecular complexity index is 166. The van der Waals surface area contributed by atoms with E-state index in [2.05, 4.69) is 13.8 Å². The Morgan fingerprint density at radius 2 is 1.64 bits per heavy atom. The summed E-state index contributed by atoms with van der Waals surface area (Å²) in [5.41, 5.74) is 7.25. The first-order chi connectivity index (χ1) is 5.04. The monoisotopic (exact) mass is 153 g/mol. The molecular weight excluding hydrogens is 134 g/mol. The number of hydrogen-bond donors (Lipinski definition) is 1. The van der Waals surface area contributed by atoms with Gasteiger partial charge in [0.2, 0.25) is 0 Å². The third kappa shape index (κ3) is 1.01. The van der Waals surface area contributed by atoms with Gasteiger partial charge in [-0.3, -0.25) is 0 Å². The molecule has 0 aromatic heterocycles. The molecule has 3 aliphatic rings. The minimum Gasteiger partial charge on any atom is -0.327 e. The summed E-state index contributed by atoms with van der Waals surface area (Å²) in [7, 11) is 0. The van der Waals surface area contributed by atoms with E-state index in [9.17, 15) is 0 Å². The summed E-state index contributed by atoms with van der Waals surface area (Å²) < 4.78 is 0. The van der Waals surface area contributed by atoms with Gasteiger partial charge in [-0.1, -0.05) is 13.8 Å². The minimum absolute atomic E-state index is 0.481. The number of nitrogens with two attached hydrogens (primary N) is 1. The number of rotatable bonds is 0. The lowest BCUT2D eigenvalue weighted by Gasteiger charge is -2.54. The van der Waals surface area contributed by atoms with Gasteiger partial charge in [0.15, 0.2) is 0 Å². The summed E-state index contributed by atoms with van der Waals surface area (Å²) in [4.78, 5) is 0. The van der Waals surface area contributed by atoms with Gasteiger partial charge in [0.1, 0.15) is 0 Å². The maximum absolute atomic E-state index is 6.14. The summed E-state index contributed by atoms with van der Waals surface area (Å²) in [5.74, 6) is 0. The molecule has 2 bridgehead atoms. The first kappa shape index (κ1) is 7.60. The van der Waals surface area contributed by atoms with Crippen LogP contribution < -0.4 is 5.73 Å². The van der Waals surface area contributed by atoms with Crippen molar-refractivity contribution in [1.82, 2.24) is 0 Å². The van der Waals surface area contributed by atoms with Crippen molar-refractivity contribution in [3.63, 3.8) is 0 Å². The number of hydrogen-bond acceptors (Lipinski definition) is 1. The van der Waals surface area contributed by atoms with Crippen molar-refractivity contribution in [3.8, 4) is 0 Å². The highest BCUT2D eigenvalue weighted by Crippen LogP contribution is 2.55. The Morgan fingerprint density at radius 1 is 1.09 bits per heavy atom. The van der Waals surface area contributed by atoms with Crippen LogP contribution in [-0.2, 0) is 0 Å².